The number of hydrogen-bond donors (Lipinski definition) is 1. The van der Waals surface area contributed by atoms with Crippen LogP contribution in [0.3, 0.4) is 0 Å². The zero-order valence-corrected chi connectivity index (χ0v) is 17.5. The van der Waals surface area contributed by atoms with E-state index in [4.69, 9.17) is 4.74 Å². The Morgan fingerprint density at radius 3 is 2.69 bits per heavy atom. The second-order valence-corrected chi connectivity index (χ2v) is 9.56. The SMILES string of the molecule is Cc1cc(C)n(CC(=O)N[C@@H]2CCc3ccc(S(=O)(=O)N4CCOCC4)cc32)n1. The average molecular weight is 419 g/mol. The summed E-state index contributed by atoms with van der Waals surface area (Å²) in [5, 5.41) is 7.38. The van der Waals surface area contributed by atoms with Crippen LogP contribution in [-0.2, 0) is 32.5 Å². The van der Waals surface area contributed by atoms with Gasteiger partial charge in [0.25, 0.3) is 0 Å². The molecule has 1 atom stereocenters. The first-order valence-electron chi connectivity index (χ1n) is 9.86. The summed E-state index contributed by atoms with van der Waals surface area (Å²) in [6, 6.07) is 7.01. The third-order valence-electron chi connectivity index (χ3n) is 5.53. The fourth-order valence-electron chi connectivity index (χ4n) is 4.04. The lowest BCUT2D eigenvalue weighted by molar-refractivity contribution is -0.122. The number of rotatable bonds is 5. The van der Waals surface area contributed by atoms with Gasteiger partial charge in [-0.15, -0.1) is 0 Å². The number of carbonyl (C=O) groups is 1. The van der Waals surface area contributed by atoms with Crippen LogP contribution in [0.25, 0.3) is 0 Å². The van der Waals surface area contributed by atoms with E-state index in [1.165, 1.54) is 4.31 Å². The quantitative estimate of drug-likeness (QED) is 0.791. The summed E-state index contributed by atoms with van der Waals surface area (Å²) < 4.78 is 34.3. The minimum Gasteiger partial charge on any atom is -0.379 e. The molecule has 2 heterocycles. The fourth-order valence-corrected chi connectivity index (χ4v) is 5.48. The van der Waals surface area contributed by atoms with Gasteiger partial charge in [-0.2, -0.15) is 9.40 Å². The van der Waals surface area contributed by atoms with Gasteiger partial charge in [0, 0.05) is 18.8 Å². The predicted molar refractivity (Wildman–Crippen MR) is 107 cm³/mol. The molecule has 2 aliphatic rings. The van der Waals surface area contributed by atoms with E-state index in [0.717, 1.165) is 35.4 Å². The molecule has 156 valence electrons. The summed E-state index contributed by atoms with van der Waals surface area (Å²) in [7, 11) is -3.56. The summed E-state index contributed by atoms with van der Waals surface area (Å²) in [5.41, 5.74) is 3.78. The minimum absolute atomic E-state index is 0.129. The molecule has 1 aromatic carbocycles. The standard InChI is InChI=1S/C20H26N4O4S/c1-14-11-15(2)24(22-14)13-20(25)21-19-6-4-16-3-5-17(12-18(16)19)29(26,27)23-7-9-28-10-8-23/h3,5,11-12,19H,4,6-10,13H2,1-2H3,(H,21,25)/t19-/m1/s1. The highest BCUT2D eigenvalue weighted by atomic mass is 32.2. The number of hydrogen-bond acceptors (Lipinski definition) is 5. The van der Waals surface area contributed by atoms with Gasteiger partial charge in [-0.05, 0) is 56.0 Å². The van der Waals surface area contributed by atoms with Crippen LogP contribution < -0.4 is 5.32 Å². The molecule has 29 heavy (non-hydrogen) atoms. The fraction of sp³-hybridized carbons (Fsp3) is 0.500. The van der Waals surface area contributed by atoms with Crippen LogP contribution in [0.4, 0.5) is 0 Å². The van der Waals surface area contributed by atoms with Crippen molar-refractivity contribution in [3.63, 3.8) is 0 Å². The first-order chi connectivity index (χ1) is 13.8. The van der Waals surface area contributed by atoms with Crippen LogP contribution in [-0.4, -0.2) is 54.7 Å². The number of carbonyl (C=O) groups excluding carboxylic acids is 1. The van der Waals surface area contributed by atoms with Gasteiger partial charge in [0.05, 0.1) is 29.8 Å². The van der Waals surface area contributed by atoms with Crippen LogP contribution in [0.2, 0.25) is 0 Å². The van der Waals surface area contributed by atoms with Gasteiger partial charge in [-0.1, -0.05) is 6.07 Å². The maximum Gasteiger partial charge on any atom is 0.243 e. The molecule has 1 amide bonds. The molecular formula is C20H26N4O4S. The summed E-state index contributed by atoms with van der Waals surface area (Å²) in [4.78, 5) is 12.8. The van der Waals surface area contributed by atoms with Crippen LogP contribution in [0.15, 0.2) is 29.2 Å². The Hall–Kier alpha value is -2.23. The van der Waals surface area contributed by atoms with E-state index in [-0.39, 0.29) is 23.4 Å². The molecule has 0 saturated carbocycles. The Labute approximate surface area is 170 Å². The van der Waals surface area contributed by atoms with Crippen LogP contribution in [0.5, 0.6) is 0 Å². The Balaban J connectivity index is 1.51. The first kappa shape index (κ1) is 20.1. The average Bonchev–Trinajstić information content (AvgIpc) is 3.24. The molecule has 1 aliphatic carbocycles. The lowest BCUT2D eigenvalue weighted by atomic mass is 10.1. The van der Waals surface area contributed by atoms with E-state index >= 15 is 0 Å². The van der Waals surface area contributed by atoms with Gasteiger partial charge < -0.3 is 10.1 Å². The van der Waals surface area contributed by atoms with Crippen molar-refractivity contribution >= 4 is 15.9 Å². The van der Waals surface area contributed by atoms with Gasteiger partial charge in [-0.25, -0.2) is 8.42 Å². The molecule has 8 nitrogen and oxygen atoms in total. The van der Waals surface area contributed by atoms with Crippen LogP contribution >= 0.6 is 0 Å². The van der Waals surface area contributed by atoms with E-state index in [1.54, 1.807) is 16.8 Å². The van der Waals surface area contributed by atoms with E-state index in [1.807, 2.05) is 26.0 Å². The molecular weight excluding hydrogens is 392 g/mol. The molecule has 1 aliphatic heterocycles. The monoisotopic (exact) mass is 418 g/mol. The van der Waals surface area contributed by atoms with E-state index < -0.39 is 10.0 Å². The van der Waals surface area contributed by atoms with Crippen molar-refractivity contribution in [1.29, 1.82) is 0 Å². The van der Waals surface area contributed by atoms with E-state index in [9.17, 15) is 13.2 Å². The van der Waals surface area contributed by atoms with Crippen molar-refractivity contribution in [2.45, 2.75) is 44.2 Å². The lowest BCUT2D eigenvalue weighted by Crippen LogP contribution is -2.40. The first-order valence-corrected chi connectivity index (χ1v) is 11.3. The smallest absolute Gasteiger partial charge is 0.243 e. The largest absolute Gasteiger partial charge is 0.379 e. The highest BCUT2D eigenvalue weighted by Crippen LogP contribution is 2.33. The number of ether oxygens (including phenoxy) is 1. The number of benzene rings is 1. The number of morpholine rings is 1. The summed E-state index contributed by atoms with van der Waals surface area (Å²) in [6.07, 6.45) is 1.58. The van der Waals surface area contributed by atoms with E-state index in [0.29, 0.717) is 26.3 Å². The predicted octanol–water partition coefficient (Wildman–Crippen LogP) is 1.32. The van der Waals surface area contributed by atoms with Gasteiger partial charge in [0.1, 0.15) is 6.54 Å². The van der Waals surface area contributed by atoms with Crippen molar-refractivity contribution < 1.29 is 17.9 Å². The van der Waals surface area contributed by atoms with Crippen molar-refractivity contribution in [2.75, 3.05) is 26.3 Å². The van der Waals surface area contributed by atoms with Crippen molar-refractivity contribution in [3.8, 4) is 0 Å². The number of fused-ring (bicyclic) bond motifs is 1. The second-order valence-electron chi connectivity index (χ2n) is 7.62. The molecule has 1 N–H and O–H groups in total. The molecule has 9 heteroatoms. The Morgan fingerprint density at radius 1 is 1.24 bits per heavy atom. The summed E-state index contributed by atoms with van der Waals surface area (Å²) >= 11 is 0. The van der Waals surface area contributed by atoms with Crippen molar-refractivity contribution in [2.24, 2.45) is 0 Å². The van der Waals surface area contributed by atoms with Gasteiger partial charge in [0.2, 0.25) is 15.9 Å². The molecule has 4 rings (SSSR count). The maximum absolute atomic E-state index is 13.0. The maximum atomic E-state index is 13.0. The number of aryl methyl sites for hydroxylation is 3. The molecule has 1 aromatic heterocycles. The van der Waals surface area contributed by atoms with Crippen molar-refractivity contribution in [1.82, 2.24) is 19.4 Å². The zero-order chi connectivity index (χ0) is 20.6. The number of amides is 1. The van der Waals surface area contributed by atoms with E-state index in [2.05, 4.69) is 10.4 Å². The lowest BCUT2D eigenvalue weighted by Gasteiger charge is -2.26. The number of sulfonamides is 1. The molecule has 2 aromatic rings. The second kappa shape index (κ2) is 7.89. The van der Waals surface area contributed by atoms with Crippen LogP contribution in [0, 0.1) is 13.8 Å². The van der Waals surface area contributed by atoms with Gasteiger partial charge in [0.15, 0.2) is 0 Å². The number of aromatic nitrogens is 2. The highest BCUT2D eigenvalue weighted by Gasteiger charge is 2.30. The summed E-state index contributed by atoms with van der Waals surface area (Å²) in [5.74, 6) is -0.129. The topological polar surface area (TPSA) is 93.5 Å². The third kappa shape index (κ3) is 4.08. The normalized spacial score (nSPS) is 19.9. The molecule has 0 bridgehead atoms. The molecule has 0 unspecified atom stereocenters. The highest BCUT2D eigenvalue weighted by molar-refractivity contribution is 7.89. The summed E-state index contributed by atoms with van der Waals surface area (Å²) in [6.45, 7) is 5.51. The Bertz CT molecular complexity index is 1030. The molecule has 1 saturated heterocycles. The zero-order valence-electron chi connectivity index (χ0n) is 16.7. The molecule has 0 radical (unpaired) electrons. The van der Waals surface area contributed by atoms with Gasteiger partial charge in [-0.3, -0.25) is 9.48 Å². The molecule has 1 fully saturated rings. The van der Waals surface area contributed by atoms with Crippen LogP contribution in [0.1, 0.15) is 35.0 Å². The number of nitrogens with zero attached hydrogens (tertiary/aromatic N) is 3. The number of nitrogens with one attached hydrogen (secondary N) is 1. The van der Waals surface area contributed by atoms with Gasteiger partial charge >= 0.3 is 0 Å². The molecule has 0 spiro atoms. The third-order valence-corrected chi connectivity index (χ3v) is 7.43. The minimum atomic E-state index is -3.56. The Kier molecular flexibility index (Phi) is 5.46. The van der Waals surface area contributed by atoms with Crippen molar-refractivity contribution in [3.05, 3.63) is 46.8 Å². The Morgan fingerprint density at radius 2 is 2.00 bits per heavy atom.